The van der Waals surface area contributed by atoms with E-state index in [0.29, 0.717) is 22.2 Å². The van der Waals surface area contributed by atoms with E-state index in [1.807, 2.05) is 6.07 Å². The van der Waals surface area contributed by atoms with Gasteiger partial charge in [-0.1, -0.05) is 16.4 Å². The van der Waals surface area contributed by atoms with Crippen LogP contribution in [0.25, 0.3) is 0 Å². The molecule has 0 aliphatic rings. The molecule has 0 bridgehead atoms. The summed E-state index contributed by atoms with van der Waals surface area (Å²) in [6.45, 7) is 0. The molecule has 1 aromatic carbocycles. The Bertz CT molecular complexity index is 526. The molecule has 2 aromatic rings. The standard InChI is InChI=1S/C9H5IN4OS/c10-6-1-5(3-11)2-7(12)8(6)15-9-14-13-4-16-9/h1-2,4H,12H2. The number of nitriles is 1. The van der Waals surface area contributed by atoms with E-state index in [0.717, 1.165) is 3.57 Å². The minimum atomic E-state index is 0.415. The van der Waals surface area contributed by atoms with Crippen molar-refractivity contribution in [1.82, 2.24) is 10.2 Å². The van der Waals surface area contributed by atoms with Crippen LogP contribution in [0.5, 0.6) is 10.9 Å². The van der Waals surface area contributed by atoms with Gasteiger partial charge in [0.2, 0.25) is 0 Å². The van der Waals surface area contributed by atoms with E-state index in [-0.39, 0.29) is 0 Å². The van der Waals surface area contributed by atoms with Crippen molar-refractivity contribution in [2.24, 2.45) is 0 Å². The van der Waals surface area contributed by atoms with Crippen LogP contribution in [0.2, 0.25) is 0 Å². The lowest BCUT2D eigenvalue weighted by molar-refractivity contribution is 0.472. The maximum atomic E-state index is 8.76. The lowest BCUT2D eigenvalue weighted by Crippen LogP contribution is -1.96. The van der Waals surface area contributed by atoms with Crippen LogP contribution in [-0.4, -0.2) is 10.2 Å². The van der Waals surface area contributed by atoms with E-state index >= 15 is 0 Å². The van der Waals surface area contributed by atoms with Crippen molar-refractivity contribution in [3.63, 3.8) is 0 Å². The van der Waals surface area contributed by atoms with E-state index in [1.165, 1.54) is 11.3 Å². The summed E-state index contributed by atoms with van der Waals surface area (Å²) < 4.78 is 6.25. The molecule has 0 saturated carbocycles. The van der Waals surface area contributed by atoms with Crippen molar-refractivity contribution in [2.75, 3.05) is 5.73 Å². The fraction of sp³-hybridized carbons (Fsp3) is 0. The van der Waals surface area contributed by atoms with Crippen LogP contribution in [0, 0.1) is 14.9 Å². The average Bonchev–Trinajstić information content (AvgIpc) is 2.75. The summed E-state index contributed by atoms with van der Waals surface area (Å²) in [5, 5.41) is 16.6. The van der Waals surface area contributed by atoms with Crippen LogP contribution in [0.4, 0.5) is 5.69 Å². The minimum absolute atomic E-state index is 0.415. The minimum Gasteiger partial charge on any atom is -0.426 e. The summed E-state index contributed by atoms with van der Waals surface area (Å²) >= 11 is 3.34. The van der Waals surface area contributed by atoms with Crippen LogP contribution in [0.3, 0.4) is 0 Å². The van der Waals surface area contributed by atoms with Gasteiger partial charge in [0.25, 0.3) is 5.19 Å². The van der Waals surface area contributed by atoms with Gasteiger partial charge in [0.15, 0.2) is 5.75 Å². The van der Waals surface area contributed by atoms with Crippen molar-refractivity contribution in [2.45, 2.75) is 0 Å². The number of anilines is 1. The molecule has 0 aliphatic heterocycles. The van der Waals surface area contributed by atoms with E-state index in [9.17, 15) is 0 Å². The van der Waals surface area contributed by atoms with Crippen molar-refractivity contribution in [3.8, 4) is 17.0 Å². The van der Waals surface area contributed by atoms with Gasteiger partial charge in [-0.3, -0.25) is 0 Å². The van der Waals surface area contributed by atoms with Crippen LogP contribution in [0.1, 0.15) is 5.56 Å². The van der Waals surface area contributed by atoms with Crippen LogP contribution in [0.15, 0.2) is 17.6 Å². The highest BCUT2D eigenvalue weighted by atomic mass is 127. The van der Waals surface area contributed by atoms with Gasteiger partial charge in [0.1, 0.15) is 5.51 Å². The number of hydrogen-bond acceptors (Lipinski definition) is 6. The highest BCUT2D eigenvalue weighted by Crippen LogP contribution is 2.33. The summed E-state index contributed by atoms with van der Waals surface area (Å²) in [7, 11) is 0. The third kappa shape index (κ3) is 2.23. The molecule has 80 valence electrons. The number of nitrogens with two attached hydrogens (primary N) is 1. The Kier molecular flexibility index (Phi) is 3.21. The number of rotatable bonds is 2. The van der Waals surface area contributed by atoms with Gasteiger partial charge >= 0.3 is 0 Å². The second-order valence-corrected chi connectivity index (χ2v) is 4.75. The Labute approximate surface area is 109 Å². The summed E-state index contributed by atoms with van der Waals surface area (Å²) in [6, 6.07) is 5.30. The second kappa shape index (κ2) is 4.63. The first-order valence-electron chi connectivity index (χ1n) is 4.14. The SMILES string of the molecule is N#Cc1cc(N)c(Oc2nncs2)c(I)c1. The fourth-order valence-corrected chi connectivity index (χ4v) is 2.25. The second-order valence-electron chi connectivity index (χ2n) is 2.79. The first-order valence-corrected chi connectivity index (χ1v) is 6.09. The van der Waals surface area contributed by atoms with E-state index in [1.54, 1.807) is 17.6 Å². The third-order valence-electron chi connectivity index (χ3n) is 1.73. The number of benzene rings is 1. The highest BCUT2D eigenvalue weighted by molar-refractivity contribution is 14.1. The number of nitrogens with zero attached hydrogens (tertiary/aromatic N) is 3. The summed E-state index contributed by atoms with van der Waals surface area (Å²) in [4.78, 5) is 0. The fourth-order valence-electron chi connectivity index (χ4n) is 1.08. The molecule has 0 saturated heterocycles. The largest absolute Gasteiger partial charge is 0.426 e. The quantitative estimate of drug-likeness (QED) is 0.668. The third-order valence-corrected chi connectivity index (χ3v) is 3.10. The van der Waals surface area contributed by atoms with Crippen molar-refractivity contribution in [3.05, 3.63) is 26.8 Å². The Hall–Kier alpha value is -1.40. The predicted molar refractivity (Wildman–Crippen MR) is 68.3 cm³/mol. The number of hydrogen-bond donors (Lipinski definition) is 1. The number of ether oxygens (including phenoxy) is 1. The molecule has 0 amide bonds. The maximum absolute atomic E-state index is 8.76. The molecule has 5 nitrogen and oxygen atoms in total. The molecule has 0 fully saturated rings. The topological polar surface area (TPSA) is 84.8 Å². The van der Waals surface area contributed by atoms with Gasteiger partial charge in [0.05, 0.1) is 20.9 Å². The molecule has 0 atom stereocenters. The monoisotopic (exact) mass is 344 g/mol. The van der Waals surface area contributed by atoms with Crippen molar-refractivity contribution >= 4 is 39.6 Å². The summed E-state index contributed by atoms with van der Waals surface area (Å²) in [5.41, 5.74) is 8.28. The summed E-state index contributed by atoms with van der Waals surface area (Å²) in [6.07, 6.45) is 0. The van der Waals surface area contributed by atoms with Crippen LogP contribution >= 0.6 is 33.9 Å². The molecule has 0 radical (unpaired) electrons. The van der Waals surface area contributed by atoms with E-state index in [4.69, 9.17) is 15.7 Å². The molecule has 0 unspecified atom stereocenters. The van der Waals surface area contributed by atoms with Crippen molar-refractivity contribution < 1.29 is 4.74 Å². The molecule has 0 aliphatic carbocycles. The van der Waals surface area contributed by atoms with Crippen LogP contribution in [-0.2, 0) is 0 Å². The zero-order chi connectivity index (χ0) is 11.5. The molecule has 0 spiro atoms. The lowest BCUT2D eigenvalue weighted by atomic mass is 10.2. The zero-order valence-corrected chi connectivity index (χ0v) is 10.8. The molecule has 7 heteroatoms. The summed E-state index contributed by atoms with van der Waals surface area (Å²) in [5.74, 6) is 0.511. The Morgan fingerprint density at radius 2 is 2.31 bits per heavy atom. The molecule has 2 N–H and O–H groups in total. The first-order chi connectivity index (χ1) is 7.70. The molecule has 1 heterocycles. The van der Waals surface area contributed by atoms with Gasteiger partial charge in [-0.15, -0.1) is 5.10 Å². The maximum Gasteiger partial charge on any atom is 0.299 e. The average molecular weight is 344 g/mol. The predicted octanol–water partition coefficient (Wildman–Crippen LogP) is 2.39. The lowest BCUT2D eigenvalue weighted by Gasteiger charge is -2.07. The zero-order valence-electron chi connectivity index (χ0n) is 7.85. The van der Waals surface area contributed by atoms with Crippen molar-refractivity contribution in [1.29, 1.82) is 5.26 Å². The number of nitrogen functional groups attached to an aromatic ring is 1. The number of aromatic nitrogens is 2. The Morgan fingerprint density at radius 3 is 2.88 bits per heavy atom. The molecular weight excluding hydrogens is 339 g/mol. The highest BCUT2D eigenvalue weighted by Gasteiger charge is 2.11. The van der Waals surface area contributed by atoms with Crippen LogP contribution < -0.4 is 10.5 Å². The van der Waals surface area contributed by atoms with Gasteiger partial charge < -0.3 is 10.5 Å². The molecule has 16 heavy (non-hydrogen) atoms. The normalized spacial score (nSPS) is 9.75. The van der Waals surface area contributed by atoms with Gasteiger partial charge in [-0.2, -0.15) is 5.26 Å². The van der Waals surface area contributed by atoms with E-state index in [2.05, 4.69) is 32.8 Å². The van der Waals surface area contributed by atoms with Gasteiger partial charge in [0, 0.05) is 0 Å². The molecular formula is C9H5IN4OS. The van der Waals surface area contributed by atoms with Gasteiger partial charge in [-0.05, 0) is 34.7 Å². The Balaban J connectivity index is 2.39. The molecule has 2 rings (SSSR count). The first kappa shape index (κ1) is 11.1. The number of halogens is 1. The van der Waals surface area contributed by atoms with E-state index < -0.39 is 0 Å². The smallest absolute Gasteiger partial charge is 0.299 e. The van der Waals surface area contributed by atoms with Gasteiger partial charge in [-0.25, -0.2) is 0 Å². The Morgan fingerprint density at radius 1 is 1.50 bits per heavy atom. The molecule has 1 aromatic heterocycles.